The summed E-state index contributed by atoms with van der Waals surface area (Å²) in [5.41, 5.74) is 11.8. The van der Waals surface area contributed by atoms with Crippen molar-refractivity contribution in [1.29, 1.82) is 0 Å². The Morgan fingerprint density at radius 2 is 1.81 bits per heavy atom. The number of hydrogen-bond donors (Lipinski definition) is 2. The van der Waals surface area contributed by atoms with Gasteiger partial charge in [0.25, 0.3) is 0 Å². The number of hydrogen-bond acceptors (Lipinski definition) is 5. The number of nitrogens with two attached hydrogens (primary N) is 2. The molecule has 0 aliphatic carbocycles. The molecule has 110 valence electrons. The van der Waals surface area contributed by atoms with Gasteiger partial charge in [-0.3, -0.25) is 4.79 Å². The monoisotopic (exact) mass is 287 g/mol. The first kappa shape index (κ1) is 14.6. The summed E-state index contributed by atoms with van der Waals surface area (Å²) in [6.45, 7) is 3.77. The van der Waals surface area contributed by atoms with Crippen molar-refractivity contribution in [3.05, 3.63) is 42.0 Å². The summed E-state index contributed by atoms with van der Waals surface area (Å²) in [4.78, 5) is 15.2. The fraction of sp³-hybridized carbons (Fsp3) is 0.200. The minimum Gasteiger partial charge on any atom is -0.473 e. The van der Waals surface area contributed by atoms with Crippen molar-refractivity contribution in [1.82, 2.24) is 4.98 Å². The summed E-state index contributed by atoms with van der Waals surface area (Å²) in [6, 6.07) is 9.76. The number of anilines is 1. The normalized spacial score (nSPS) is 10.4. The SMILES string of the molecule is CC(C)Oc1nc(Oc2ccc(C(N)=O)cc2)ccc1N. The Hall–Kier alpha value is -2.76. The smallest absolute Gasteiger partial charge is 0.248 e. The maximum Gasteiger partial charge on any atom is 0.248 e. The van der Waals surface area contributed by atoms with Crippen LogP contribution in [-0.4, -0.2) is 17.0 Å². The number of primary amides is 1. The second kappa shape index (κ2) is 6.13. The van der Waals surface area contributed by atoms with Gasteiger partial charge in [0.15, 0.2) is 0 Å². The molecule has 21 heavy (non-hydrogen) atoms. The molecule has 0 aliphatic rings. The molecule has 0 spiro atoms. The van der Waals surface area contributed by atoms with Crippen LogP contribution < -0.4 is 20.9 Å². The molecule has 0 aliphatic heterocycles. The van der Waals surface area contributed by atoms with Crippen LogP contribution in [0.15, 0.2) is 36.4 Å². The number of aromatic nitrogens is 1. The van der Waals surface area contributed by atoms with E-state index in [1.807, 2.05) is 13.8 Å². The van der Waals surface area contributed by atoms with Gasteiger partial charge in [-0.15, -0.1) is 0 Å². The van der Waals surface area contributed by atoms with Crippen LogP contribution in [0.25, 0.3) is 0 Å². The van der Waals surface area contributed by atoms with Gasteiger partial charge in [0, 0.05) is 11.6 Å². The lowest BCUT2D eigenvalue weighted by atomic mass is 10.2. The molecular formula is C15H17N3O3. The van der Waals surface area contributed by atoms with Crippen LogP contribution in [-0.2, 0) is 0 Å². The van der Waals surface area contributed by atoms with Gasteiger partial charge in [0.1, 0.15) is 5.75 Å². The molecule has 0 saturated carbocycles. The Kier molecular flexibility index (Phi) is 4.27. The highest BCUT2D eigenvalue weighted by molar-refractivity contribution is 5.92. The number of amides is 1. The Morgan fingerprint density at radius 1 is 1.14 bits per heavy atom. The van der Waals surface area contributed by atoms with E-state index >= 15 is 0 Å². The van der Waals surface area contributed by atoms with Gasteiger partial charge in [-0.25, -0.2) is 0 Å². The van der Waals surface area contributed by atoms with Gasteiger partial charge in [0.05, 0.1) is 11.8 Å². The van der Waals surface area contributed by atoms with E-state index in [-0.39, 0.29) is 6.10 Å². The number of nitrogen functional groups attached to an aromatic ring is 1. The van der Waals surface area contributed by atoms with E-state index in [9.17, 15) is 4.79 Å². The van der Waals surface area contributed by atoms with Crippen LogP contribution in [0.5, 0.6) is 17.5 Å². The maximum atomic E-state index is 11.0. The zero-order chi connectivity index (χ0) is 15.4. The Balaban J connectivity index is 2.17. The van der Waals surface area contributed by atoms with Crippen LogP contribution in [0.1, 0.15) is 24.2 Å². The quantitative estimate of drug-likeness (QED) is 0.879. The van der Waals surface area contributed by atoms with E-state index in [2.05, 4.69) is 4.98 Å². The van der Waals surface area contributed by atoms with Crippen molar-refractivity contribution in [2.75, 3.05) is 5.73 Å². The molecule has 1 aromatic carbocycles. The summed E-state index contributed by atoms with van der Waals surface area (Å²) in [5.74, 6) is 0.732. The molecule has 1 aromatic heterocycles. The lowest BCUT2D eigenvalue weighted by Crippen LogP contribution is -2.10. The number of rotatable bonds is 5. The molecule has 0 saturated heterocycles. The zero-order valence-corrected chi connectivity index (χ0v) is 11.9. The molecule has 0 unspecified atom stereocenters. The zero-order valence-electron chi connectivity index (χ0n) is 11.9. The first-order valence-electron chi connectivity index (χ1n) is 6.46. The number of carbonyl (C=O) groups excluding carboxylic acids is 1. The molecule has 0 fully saturated rings. The third-order valence-electron chi connectivity index (χ3n) is 2.57. The van der Waals surface area contributed by atoms with Crippen molar-refractivity contribution >= 4 is 11.6 Å². The lowest BCUT2D eigenvalue weighted by molar-refractivity contribution is 0.100. The number of pyridine rings is 1. The Morgan fingerprint density at radius 3 is 2.38 bits per heavy atom. The molecule has 0 radical (unpaired) electrons. The van der Waals surface area contributed by atoms with Crippen LogP contribution in [0.3, 0.4) is 0 Å². The van der Waals surface area contributed by atoms with Crippen molar-refractivity contribution in [2.24, 2.45) is 5.73 Å². The van der Waals surface area contributed by atoms with Gasteiger partial charge < -0.3 is 20.9 Å². The van der Waals surface area contributed by atoms with Crippen LogP contribution in [0, 0.1) is 0 Å². The molecule has 0 atom stereocenters. The molecule has 4 N–H and O–H groups in total. The number of ether oxygens (including phenoxy) is 2. The van der Waals surface area contributed by atoms with E-state index in [0.717, 1.165) is 0 Å². The highest BCUT2D eigenvalue weighted by Crippen LogP contribution is 2.26. The maximum absolute atomic E-state index is 11.0. The largest absolute Gasteiger partial charge is 0.473 e. The molecule has 2 aromatic rings. The van der Waals surface area contributed by atoms with Crippen molar-refractivity contribution in [3.8, 4) is 17.5 Å². The van der Waals surface area contributed by atoms with Gasteiger partial charge in [-0.2, -0.15) is 4.98 Å². The lowest BCUT2D eigenvalue weighted by Gasteiger charge is -2.12. The van der Waals surface area contributed by atoms with E-state index in [1.54, 1.807) is 36.4 Å². The highest BCUT2D eigenvalue weighted by atomic mass is 16.5. The number of nitrogens with zero attached hydrogens (tertiary/aromatic N) is 1. The second-order valence-corrected chi connectivity index (χ2v) is 4.70. The summed E-state index contributed by atoms with van der Waals surface area (Å²) < 4.78 is 11.1. The predicted molar refractivity (Wildman–Crippen MR) is 79.4 cm³/mol. The molecule has 6 nitrogen and oxygen atoms in total. The third-order valence-corrected chi connectivity index (χ3v) is 2.57. The topological polar surface area (TPSA) is 100 Å². The molecular weight excluding hydrogens is 270 g/mol. The van der Waals surface area contributed by atoms with Gasteiger partial charge in [-0.1, -0.05) is 0 Å². The first-order valence-corrected chi connectivity index (χ1v) is 6.46. The van der Waals surface area contributed by atoms with E-state index < -0.39 is 5.91 Å². The minimum atomic E-state index is -0.486. The number of benzene rings is 1. The summed E-state index contributed by atoms with van der Waals surface area (Å²) in [6.07, 6.45) is -0.0371. The van der Waals surface area contributed by atoms with Crippen molar-refractivity contribution in [3.63, 3.8) is 0 Å². The Bertz CT molecular complexity index is 639. The number of carbonyl (C=O) groups is 1. The second-order valence-electron chi connectivity index (χ2n) is 4.70. The van der Waals surface area contributed by atoms with Crippen LogP contribution in [0.2, 0.25) is 0 Å². The predicted octanol–water partition coefficient (Wildman–Crippen LogP) is 2.34. The van der Waals surface area contributed by atoms with E-state index in [1.165, 1.54) is 0 Å². The van der Waals surface area contributed by atoms with Crippen LogP contribution in [0.4, 0.5) is 5.69 Å². The van der Waals surface area contributed by atoms with Gasteiger partial charge in [-0.05, 0) is 44.2 Å². The van der Waals surface area contributed by atoms with Crippen molar-refractivity contribution < 1.29 is 14.3 Å². The molecule has 0 bridgehead atoms. The summed E-state index contributed by atoms with van der Waals surface area (Å²) in [5, 5.41) is 0. The van der Waals surface area contributed by atoms with Crippen molar-refractivity contribution in [2.45, 2.75) is 20.0 Å². The fourth-order valence-corrected chi connectivity index (χ4v) is 1.62. The standard InChI is InChI=1S/C15H17N3O3/c1-9(2)20-15-12(16)7-8-13(18-15)21-11-5-3-10(4-6-11)14(17)19/h3-9H,16H2,1-2H3,(H2,17,19). The van der Waals surface area contributed by atoms with Gasteiger partial charge >= 0.3 is 0 Å². The average Bonchev–Trinajstić information content (AvgIpc) is 2.42. The molecule has 1 heterocycles. The summed E-state index contributed by atoms with van der Waals surface area (Å²) in [7, 11) is 0. The Labute approximate surface area is 122 Å². The van der Waals surface area contributed by atoms with Crippen LogP contribution >= 0.6 is 0 Å². The third kappa shape index (κ3) is 3.85. The van der Waals surface area contributed by atoms with E-state index in [4.69, 9.17) is 20.9 Å². The highest BCUT2D eigenvalue weighted by Gasteiger charge is 2.08. The summed E-state index contributed by atoms with van der Waals surface area (Å²) >= 11 is 0. The molecule has 6 heteroatoms. The van der Waals surface area contributed by atoms with E-state index in [0.29, 0.717) is 28.8 Å². The average molecular weight is 287 g/mol. The molecule has 2 rings (SSSR count). The van der Waals surface area contributed by atoms with Gasteiger partial charge in [0.2, 0.25) is 17.7 Å². The minimum absolute atomic E-state index is 0.0371. The fourth-order valence-electron chi connectivity index (χ4n) is 1.62. The first-order chi connectivity index (χ1) is 9.95. The molecule has 1 amide bonds.